The van der Waals surface area contributed by atoms with Crippen molar-refractivity contribution in [3.05, 3.63) is 24.3 Å². The maximum absolute atomic E-state index is 12.2. The van der Waals surface area contributed by atoms with E-state index in [4.69, 9.17) is 0 Å². The third-order valence-corrected chi connectivity index (χ3v) is 5.74. The number of benzene rings is 1. The van der Waals surface area contributed by atoms with Crippen LogP contribution in [0.15, 0.2) is 34.1 Å². The van der Waals surface area contributed by atoms with Gasteiger partial charge in [0.05, 0.1) is 11.0 Å². The molecule has 0 saturated carbocycles. The van der Waals surface area contributed by atoms with Crippen LogP contribution in [0.5, 0.6) is 0 Å². The number of aliphatic hydroxyl groups is 1. The lowest BCUT2D eigenvalue weighted by atomic mass is 10.3. The number of rotatable bonds is 6. The summed E-state index contributed by atoms with van der Waals surface area (Å²) in [6.45, 7) is 7.13. The molecule has 0 saturated heterocycles. The highest BCUT2D eigenvalue weighted by molar-refractivity contribution is 8.00. The van der Waals surface area contributed by atoms with Crippen LogP contribution in [0.25, 0.3) is 0 Å². The Balaban J connectivity index is 3.09. The number of aliphatic hydroxyl groups excluding tert-OH is 1. The highest BCUT2D eigenvalue weighted by atomic mass is 32.2. The molecule has 0 radical (unpaired) electrons. The Morgan fingerprint density at radius 3 is 2.26 bits per heavy atom. The van der Waals surface area contributed by atoms with Crippen molar-refractivity contribution in [2.45, 2.75) is 54.9 Å². The third kappa shape index (κ3) is 4.80. The van der Waals surface area contributed by atoms with Crippen molar-refractivity contribution in [1.82, 2.24) is 4.72 Å². The maximum Gasteiger partial charge on any atom is 0.241 e. The van der Waals surface area contributed by atoms with Crippen LogP contribution in [-0.2, 0) is 10.0 Å². The van der Waals surface area contributed by atoms with Crippen molar-refractivity contribution in [2.24, 2.45) is 0 Å². The first-order valence-corrected chi connectivity index (χ1v) is 8.56. The molecule has 0 aliphatic heterocycles. The fourth-order valence-electron chi connectivity index (χ4n) is 1.44. The minimum absolute atomic E-state index is 0.0737. The fourth-order valence-corrected chi connectivity index (χ4v) is 4.19. The lowest BCUT2D eigenvalue weighted by molar-refractivity contribution is 0.196. The Kier molecular flexibility index (Phi) is 5.85. The van der Waals surface area contributed by atoms with Gasteiger partial charge in [0.2, 0.25) is 10.0 Å². The summed E-state index contributed by atoms with van der Waals surface area (Å²) in [4.78, 5) is 0.922. The normalized spacial score (nSPS) is 15.5. The summed E-state index contributed by atoms with van der Waals surface area (Å²) in [5, 5.41) is 9.46. The Hall–Kier alpha value is -0.560. The van der Waals surface area contributed by atoms with Crippen molar-refractivity contribution in [3.8, 4) is 0 Å². The van der Waals surface area contributed by atoms with Crippen molar-refractivity contribution >= 4 is 21.8 Å². The Bertz CT molecular complexity index is 512. The van der Waals surface area contributed by atoms with Gasteiger partial charge in [0.15, 0.2) is 0 Å². The molecule has 108 valence electrons. The van der Waals surface area contributed by atoms with Crippen LogP contribution >= 0.6 is 11.8 Å². The van der Waals surface area contributed by atoms with Crippen LogP contribution < -0.4 is 4.72 Å². The standard InChI is InChI=1S/C13H21NO3S2/c1-9(2)14-19(16,17)13-8-6-5-7-12(13)18-11(4)10(3)15/h5-11,14-15H,1-4H3. The minimum Gasteiger partial charge on any atom is -0.392 e. The van der Waals surface area contributed by atoms with E-state index in [2.05, 4.69) is 4.72 Å². The molecule has 2 unspecified atom stereocenters. The largest absolute Gasteiger partial charge is 0.392 e. The summed E-state index contributed by atoms with van der Waals surface area (Å²) in [5.41, 5.74) is 0. The molecule has 4 nitrogen and oxygen atoms in total. The van der Waals surface area contributed by atoms with E-state index in [0.717, 1.165) is 0 Å². The second-order valence-electron chi connectivity index (χ2n) is 4.79. The number of nitrogens with one attached hydrogen (secondary N) is 1. The van der Waals surface area contributed by atoms with Gasteiger partial charge in [0.1, 0.15) is 0 Å². The van der Waals surface area contributed by atoms with Crippen LogP contribution in [0, 0.1) is 0 Å². The highest BCUT2D eigenvalue weighted by Crippen LogP contribution is 2.31. The summed E-state index contributed by atoms with van der Waals surface area (Å²) in [6, 6.07) is 6.69. The molecule has 0 amide bonds. The molecule has 2 N–H and O–H groups in total. The predicted octanol–water partition coefficient (Wildman–Crippen LogP) is 2.23. The van der Waals surface area contributed by atoms with E-state index >= 15 is 0 Å². The molecule has 0 aromatic heterocycles. The summed E-state index contributed by atoms with van der Waals surface area (Å²) in [7, 11) is -3.51. The number of hydrogen-bond acceptors (Lipinski definition) is 4. The average Bonchev–Trinajstić information content (AvgIpc) is 2.27. The zero-order chi connectivity index (χ0) is 14.6. The SMILES string of the molecule is CC(C)NS(=O)(=O)c1ccccc1SC(C)C(C)O. The molecule has 2 atom stereocenters. The zero-order valence-corrected chi connectivity index (χ0v) is 13.3. The second kappa shape index (κ2) is 6.74. The van der Waals surface area contributed by atoms with Gasteiger partial charge in [-0.25, -0.2) is 13.1 Å². The predicted molar refractivity (Wildman–Crippen MR) is 78.9 cm³/mol. The number of hydrogen-bond donors (Lipinski definition) is 2. The number of sulfonamides is 1. The van der Waals surface area contributed by atoms with Crippen molar-refractivity contribution < 1.29 is 13.5 Å². The molecule has 1 aromatic carbocycles. The summed E-state index contributed by atoms with van der Waals surface area (Å²) in [6.07, 6.45) is -0.501. The van der Waals surface area contributed by atoms with Gasteiger partial charge in [0.25, 0.3) is 0 Å². The first-order chi connectivity index (χ1) is 8.74. The number of thioether (sulfide) groups is 1. The molecule has 0 heterocycles. The van der Waals surface area contributed by atoms with Crippen LogP contribution in [0.4, 0.5) is 0 Å². The summed E-state index contributed by atoms with van der Waals surface area (Å²) in [5.74, 6) is 0. The molecule has 19 heavy (non-hydrogen) atoms. The van der Waals surface area contributed by atoms with E-state index in [1.165, 1.54) is 11.8 Å². The highest BCUT2D eigenvalue weighted by Gasteiger charge is 2.21. The van der Waals surface area contributed by atoms with Gasteiger partial charge in [0, 0.05) is 16.2 Å². The van der Waals surface area contributed by atoms with Gasteiger partial charge >= 0.3 is 0 Å². The Morgan fingerprint density at radius 1 is 1.16 bits per heavy atom. The van der Waals surface area contributed by atoms with Crippen LogP contribution in [0.3, 0.4) is 0 Å². The molecule has 1 aromatic rings. The van der Waals surface area contributed by atoms with E-state index in [0.29, 0.717) is 4.90 Å². The van der Waals surface area contributed by atoms with Crippen LogP contribution in [-0.4, -0.2) is 30.9 Å². The zero-order valence-electron chi connectivity index (χ0n) is 11.6. The fraction of sp³-hybridized carbons (Fsp3) is 0.538. The van der Waals surface area contributed by atoms with Gasteiger partial charge in [-0.1, -0.05) is 19.1 Å². The second-order valence-corrected chi connectivity index (χ2v) is 7.89. The first kappa shape index (κ1) is 16.5. The molecular formula is C13H21NO3S2. The Labute approximate surface area is 119 Å². The molecule has 0 bridgehead atoms. The Morgan fingerprint density at radius 2 is 1.74 bits per heavy atom. The maximum atomic E-state index is 12.2. The lowest BCUT2D eigenvalue weighted by Gasteiger charge is -2.17. The third-order valence-electron chi connectivity index (χ3n) is 2.52. The van der Waals surface area contributed by atoms with Crippen molar-refractivity contribution in [2.75, 3.05) is 0 Å². The van der Waals surface area contributed by atoms with Crippen molar-refractivity contribution in [3.63, 3.8) is 0 Å². The smallest absolute Gasteiger partial charge is 0.241 e. The van der Waals surface area contributed by atoms with Crippen LogP contribution in [0.2, 0.25) is 0 Å². The summed E-state index contributed by atoms with van der Waals surface area (Å²) < 4.78 is 27.0. The molecular weight excluding hydrogens is 282 g/mol. The molecule has 0 fully saturated rings. The molecule has 0 aliphatic carbocycles. The lowest BCUT2D eigenvalue weighted by Crippen LogP contribution is -2.30. The average molecular weight is 303 g/mol. The quantitative estimate of drug-likeness (QED) is 0.791. The summed E-state index contributed by atoms with van der Waals surface area (Å²) >= 11 is 1.36. The topological polar surface area (TPSA) is 66.4 Å². The van der Waals surface area contributed by atoms with E-state index in [9.17, 15) is 13.5 Å². The van der Waals surface area contributed by atoms with Crippen LogP contribution in [0.1, 0.15) is 27.7 Å². The minimum atomic E-state index is -3.51. The van der Waals surface area contributed by atoms with E-state index in [1.54, 1.807) is 45.0 Å². The molecule has 6 heteroatoms. The van der Waals surface area contributed by atoms with Gasteiger partial charge in [-0.3, -0.25) is 0 Å². The monoisotopic (exact) mass is 303 g/mol. The first-order valence-electron chi connectivity index (χ1n) is 6.20. The van der Waals surface area contributed by atoms with Gasteiger partial charge in [-0.2, -0.15) is 0 Å². The molecule has 0 aliphatic rings. The van der Waals surface area contributed by atoms with E-state index < -0.39 is 16.1 Å². The van der Waals surface area contributed by atoms with Gasteiger partial charge in [-0.15, -0.1) is 11.8 Å². The van der Waals surface area contributed by atoms with Crippen molar-refractivity contribution in [1.29, 1.82) is 0 Å². The molecule has 1 rings (SSSR count). The van der Waals surface area contributed by atoms with E-state index in [1.807, 2.05) is 6.92 Å². The van der Waals surface area contributed by atoms with Gasteiger partial charge in [-0.05, 0) is 32.9 Å². The molecule has 0 spiro atoms. The van der Waals surface area contributed by atoms with E-state index in [-0.39, 0.29) is 16.2 Å². The van der Waals surface area contributed by atoms with Gasteiger partial charge < -0.3 is 5.11 Å².